The van der Waals surface area contributed by atoms with E-state index in [9.17, 15) is 0 Å². The maximum Gasteiger partial charge on any atom is 0.283 e. The van der Waals surface area contributed by atoms with E-state index in [1.165, 1.54) is 6.26 Å². The van der Waals surface area contributed by atoms with Crippen molar-refractivity contribution in [2.24, 2.45) is 0 Å². The van der Waals surface area contributed by atoms with Crippen molar-refractivity contribution in [3.05, 3.63) is 48.4 Å². The second-order valence-electron chi connectivity index (χ2n) is 3.56. The molecule has 0 bridgehead atoms. The van der Waals surface area contributed by atoms with Gasteiger partial charge in [-0.25, -0.2) is 0 Å². The first-order valence-electron chi connectivity index (χ1n) is 5.24. The molecule has 3 rings (SSSR count). The van der Waals surface area contributed by atoms with Gasteiger partial charge in [-0.1, -0.05) is 12.1 Å². The number of nitrogens with zero attached hydrogens (tertiary/aromatic N) is 3. The minimum absolute atomic E-state index is 0.250. The molecule has 0 fully saturated rings. The van der Waals surface area contributed by atoms with Gasteiger partial charge in [0.2, 0.25) is 0 Å². The molecule has 0 aliphatic carbocycles. The number of ether oxygens (including phenoxy) is 1. The molecule has 0 unspecified atom stereocenters. The van der Waals surface area contributed by atoms with Crippen molar-refractivity contribution < 1.29 is 9.15 Å². The highest BCUT2D eigenvalue weighted by molar-refractivity contribution is 5.80. The summed E-state index contributed by atoms with van der Waals surface area (Å²) in [5.74, 6) is 0.679. The maximum atomic E-state index is 8.98. The summed E-state index contributed by atoms with van der Waals surface area (Å²) >= 11 is 0. The van der Waals surface area contributed by atoms with E-state index >= 15 is 0 Å². The van der Waals surface area contributed by atoms with Gasteiger partial charge in [0.15, 0.2) is 5.58 Å². The zero-order chi connectivity index (χ0) is 12.4. The molecular formula is C13H7N3O2. The predicted molar refractivity (Wildman–Crippen MR) is 63.0 cm³/mol. The van der Waals surface area contributed by atoms with E-state index < -0.39 is 0 Å². The second kappa shape index (κ2) is 4.18. The lowest BCUT2D eigenvalue weighted by atomic mass is 10.2. The van der Waals surface area contributed by atoms with Gasteiger partial charge in [-0.2, -0.15) is 10.4 Å². The van der Waals surface area contributed by atoms with Crippen LogP contribution in [0.2, 0.25) is 0 Å². The van der Waals surface area contributed by atoms with E-state index in [0.29, 0.717) is 16.9 Å². The number of nitriles is 1. The molecule has 0 atom stereocenters. The van der Waals surface area contributed by atoms with E-state index in [4.69, 9.17) is 14.4 Å². The molecule has 2 heterocycles. The first-order valence-corrected chi connectivity index (χ1v) is 5.24. The van der Waals surface area contributed by atoms with Crippen molar-refractivity contribution in [1.29, 1.82) is 5.26 Å². The molecule has 2 aromatic heterocycles. The number of fused-ring (bicyclic) bond motifs is 1. The van der Waals surface area contributed by atoms with Crippen LogP contribution in [0, 0.1) is 11.3 Å². The Morgan fingerprint density at radius 1 is 1.22 bits per heavy atom. The number of hydrogen-bond acceptors (Lipinski definition) is 5. The summed E-state index contributed by atoms with van der Waals surface area (Å²) in [6, 6.07) is 10.7. The van der Waals surface area contributed by atoms with Crippen molar-refractivity contribution >= 4 is 11.0 Å². The topological polar surface area (TPSA) is 71.9 Å². The number of rotatable bonds is 2. The van der Waals surface area contributed by atoms with Crippen molar-refractivity contribution in [3.8, 4) is 17.7 Å². The molecule has 0 aliphatic heterocycles. The lowest BCUT2D eigenvalue weighted by Crippen LogP contribution is -1.92. The zero-order valence-electron chi connectivity index (χ0n) is 9.20. The number of aromatic nitrogens is 2. The summed E-state index contributed by atoms with van der Waals surface area (Å²) in [5.41, 5.74) is 0.945. The Balaban J connectivity index is 2.07. The molecule has 0 amide bonds. The maximum absolute atomic E-state index is 8.98. The van der Waals surface area contributed by atoms with Crippen LogP contribution >= 0.6 is 0 Å². The van der Waals surface area contributed by atoms with Gasteiger partial charge >= 0.3 is 0 Å². The van der Waals surface area contributed by atoms with Crippen molar-refractivity contribution in [2.75, 3.05) is 0 Å². The van der Waals surface area contributed by atoms with Gasteiger partial charge in [0, 0.05) is 5.39 Å². The second-order valence-corrected chi connectivity index (χ2v) is 3.56. The standard InChI is InChI=1S/C13H7N3O2/c14-7-9-3-1-2-4-11(9)18-13-12-10(5-6-17-12)8-15-16-13/h1-6,8H. The van der Waals surface area contributed by atoms with Gasteiger partial charge in [-0.05, 0) is 18.2 Å². The summed E-state index contributed by atoms with van der Waals surface area (Å²) in [7, 11) is 0. The predicted octanol–water partition coefficient (Wildman–Crippen LogP) is 2.89. The Labute approximate surface area is 102 Å². The first-order chi connectivity index (χ1) is 8.88. The van der Waals surface area contributed by atoms with Gasteiger partial charge < -0.3 is 9.15 Å². The third-order valence-electron chi connectivity index (χ3n) is 2.45. The SMILES string of the molecule is N#Cc1ccccc1Oc1nncc2ccoc12. The number of benzene rings is 1. The fourth-order valence-electron chi connectivity index (χ4n) is 1.60. The summed E-state index contributed by atoms with van der Waals surface area (Å²) in [6.45, 7) is 0. The molecule has 86 valence electrons. The molecule has 0 spiro atoms. The molecule has 18 heavy (non-hydrogen) atoms. The van der Waals surface area contributed by atoms with Gasteiger partial charge in [0.1, 0.15) is 11.8 Å². The van der Waals surface area contributed by atoms with Crippen LogP contribution in [-0.4, -0.2) is 10.2 Å². The highest BCUT2D eigenvalue weighted by atomic mass is 16.5. The molecule has 5 nitrogen and oxygen atoms in total. The monoisotopic (exact) mass is 237 g/mol. The minimum Gasteiger partial charge on any atom is -0.458 e. The largest absolute Gasteiger partial charge is 0.458 e. The van der Waals surface area contributed by atoms with Gasteiger partial charge in [0.25, 0.3) is 5.88 Å². The highest BCUT2D eigenvalue weighted by Gasteiger charge is 2.11. The lowest BCUT2D eigenvalue weighted by Gasteiger charge is -2.05. The molecule has 1 aromatic carbocycles. The van der Waals surface area contributed by atoms with E-state index in [0.717, 1.165) is 5.39 Å². The quantitative estimate of drug-likeness (QED) is 0.685. The van der Waals surface area contributed by atoms with Gasteiger partial charge in [-0.3, -0.25) is 0 Å². The number of furan rings is 1. The molecule has 0 saturated carbocycles. The molecular weight excluding hydrogens is 230 g/mol. The van der Waals surface area contributed by atoms with Crippen LogP contribution in [0.5, 0.6) is 11.6 Å². The van der Waals surface area contributed by atoms with Crippen LogP contribution in [0.15, 0.2) is 47.2 Å². The van der Waals surface area contributed by atoms with Crippen LogP contribution in [0.4, 0.5) is 0 Å². The van der Waals surface area contributed by atoms with Crippen molar-refractivity contribution in [3.63, 3.8) is 0 Å². The fraction of sp³-hybridized carbons (Fsp3) is 0. The van der Waals surface area contributed by atoms with E-state index in [1.54, 1.807) is 36.5 Å². The van der Waals surface area contributed by atoms with E-state index in [-0.39, 0.29) is 5.88 Å². The smallest absolute Gasteiger partial charge is 0.283 e. The average molecular weight is 237 g/mol. The number of hydrogen-bond donors (Lipinski definition) is 0. The fourth-order valence-corrected chi connectivity index (χ4v) is 1.60. The Hall–Kier alpha value is -2.87. The Kier molecular flexibility index (Phi) is 2.39. The molecule has 5 heteroatoms. The molecule has 0 aliphatic rings. The summed E-state index contributed by atoms with van der Waals surface area (Å²) in [4.78, 5) is 0. The average Bonchev–Trinajstić information content (AvgIpc) is 2.89. The summed E-state index contributed by atoms with van der Waals surface area (Å²) < 4.78 is 10.9. The van der Waals surface area contributed by atoms with E-state index in [1.807, 2.05) is 0 Å². The Morgan fingerprint density at radius 3 is 3.00 bits per heavy atom. The molecule has 0 saturated heterocycles. The van der Waals surface area contributed by atoms with Gasteiger partial charge in [0.05, 0.1) is 18.0 Å². The van der Waals surface area contributed by atoms with Crippen LogP contribution in [0.1, 0.15) is 5.56 Å². The number of para-hydroxylation sites is 1. The van der Waals surface area contributed by atoms with Crippen LogP contribution < -0.4 is 4.74 Å². The lowest BCUT2D eigenvalue weighted by molar-refractivity contribution is 0.446. The van der Waals surface area contributed by atoms with Crippen LogP contribution in [0.25, 0.3) is 11.0 Å². The highest BCUT2D eigenvalue weighted by Crippen LogP contribution is 2.29. The normalized spacial score (nSPS) is 10.2. The third kappa shape index (κ3) is 1.66. The molecule has 3 aromatic rings. The van der Waals surface area contributed by atoms with Crippen LogP contribution in [-0.2, 0) is 0 Å². The Bertz CT molecular complexity index is 743. The van der Waals surface area contributed by atoms with Crippen molar-refractivity contribution in [1.82, 2.24) is 10.2 Å². The van der Waals surface area contributed by atoms with Gasteiger partial charge in [-0.15, -0.1) is 5.10 Å². The third-order valence-corrected chi connectivity index (χ3v) is 2.45. The summed E-state index contributed by atoms with van der Waals surface area (Å²) in [5, 5.41) is 17.5. The van der Waals surface area contributed by atoms with Crippen LogP contribution in [0.3, 0.4) is 0 Å². The molecule has 0 N–H and O–H groups in total. The zero-order valence-corrected chi connectivity index (χ0v) is 9.20. The first kappa shape index (κ1) is 10.3. The van der Waals surface area contributed by atoms with E-state index in [2.05, 4.69) is 16.3 Å². The van der Waals surface area contributed by atoms with Crippen molar-refractivity contribution in [2.45, 2.75) is 0 Å². The Morgan fingerprint density at radius 2 is 2.11 bits per heavy atom. The molecule has 0 radical (unpaired) electrons. The summed E-state index contributed by atoms with van der Waals surface area (Å²) in [6.07, 6.45) is 3.12. The minimum atomic E-state index is 0.250.